The smallest absolute Gasteiger partial charge is 0.415 e. The largest absolute Gasteiger partial charge is 0.480 e. The SMILES string of the molecule is CC(C)C[C@H](NC(=O)OCc1ccccc1)C(=O)N[C@@H](Cc1ccc(OC(=O)N2CCOCC2)cc1)C(=O)O. The molecule has 0 bridgehead atoms. The van der Waals surface area contributed by atoms with Gasteiger partial charge in [-0.15, -0.1) is 0 Å². The molecule has 210 valence electrons. The minimum absolute atomic E-state index is 0.00832. The molecule has 39 heavy (non-hydrogen) atoms. The van der Waals surface area contributed by atoms with Crippen molar-refractivity contribution in [1.29, 1.82) is 0 Å². The van der Waals surface area contributed by atoms with Gasteiger partial charge in [0.2, 0.25) is 5.91 Å². The zero-order valence-electron chi connectivity index (χ0n) is 22.1. The first-order valence-electron chi connectivity index (χ1n) is 12.8. The number of hydrogen-bond acceptors (Lipinski definition) is 7. The topological polar surface area (TPSA) is 143 Å². The van der Waals surface area contributed by atoms with E-state index in [2.05, 4.69) is 10.6 Å². The molecule has 0 unspecified atom stereocenters. The Labute approximate surface area is 227 Å². The van der Waals surface area contributed by atoms with Crippen LogP contribution in [0, 0.1) is 5.92 Å². The van der Waals surface area contributed by atoms with E-state index in [1.807, 2.05) is 44.2 Å². The van der Waals surface area contributed by atoms with Crippen molar-refractivity contribution in [2.75, 3.05) is 26.3 Å². The van der Waals surface area contributed by atoms with Gasteiger partial charge in [-0.05, 0) is 35.6 Å². The highest BCUT2D eigenvalue weighted by Crippen LogP contribution is 2.16. The van der Waals surface area contributed by atoms with E-state index in [1.165, 1.54) is 0 Å². The molecular formula is C28H35N3O8. The molecule has 11 nitrogen and oxygen atoms in total. The van der Waals surface area contributed by atoms with Gasteiger partial charge in [0.1, 0.15) is 24.4 Å². The standard InChI is InChI=1S/C28H35N3O8/c1-19(2)16-23(30-27(35)38-18-21-6-4-3-5-7-21)25(32)29-24(26(33)34)17-20-8-10-22(11-9-20)39-28(36)31-12-14-37-15-13-31/h3-11,19,23-24H,12-18H2,1-2H3,(H,29,32)(H,30,35)(H,33,34)/t23-,24-/m0/s1. The fourth-order valence-corrected chi connectivity index (χ4v) is 3.92. The second-order valence-corrected chi connectivity index (χ2v) is 9.60. The van der Waals surface area contributed by atoms with E-state index in [0.717, 1.165) is 5.56 Å². The molecule has 1 fully saturated rings. The Hall–Kier alpha value is -4.12. The van der Waals surface area contributed by atoms with Crippen molar-refractivity contribution in [2.24, 2.45) is 5.92 Å². The average Bonchev–Trinajstić information content (AvgIpc) is 2.93. The summed E-state index contributed by atoms with van der Waals surface area (Å²) in [6, 6.07) is 13.3. The van der Waals surface area contributed by atoms with Gasteiger partial charge in [-0.1, -0.05) is 56.3 Å². The summed E-state index contributed by atoms with van der Waals surface area (Å²) in [5.74, 6) is -1.47. The molecule has 3 amide bonds. The molecule has 1 heterocycles. The summed E-state index contributed by atoms with van der Waals surface area (Å²) in [6.45, 7) is 5.64. The normalized spacial score (nSPS) is 14.7. The zero-order chi connectivity index (χ0) is 28.2. The van der Waals surface area contributed by atoms with E-state index < -0.39 is 36.1 Å². The summed E-state index contributed by atoms with van der Waals surface area (Å²) in [7, 11) is 0. The van der Waals surface area contributed by atoms with Crippen LogP contribution in [0.5, 0.6) is 5.75 Å². The van der Waals surface area contributed by atoms with Crippen molar-refractivity contribution in [2.45, 2.75) is 45.4 Å². The highest BCUT2D eigenvalue weighted by molar-refractivity contribution is 5.89. The van der Waals surface area contributed by atoms with Crippen LogP contribution in [0.4, 0.5) is 9.59 Å². The van der Waals surface area contributed by atoms with Crippen LogP contribution in [0.2, 0.25) is 0 Å². The Bertz CT molecular complexity index is 1100. The number of amides is 3. The molecule has 2 aromatic carbocycles. The number of morpholine rings is 1. The first kappa shape index (κ1) is 29.4. The van der Waals surface area contributed by atoms with E-state index in [1.54, 1.807) is 29.2 Å². The second-order valence-electron chi connectivity index (χ2n) is 9.60. The lowest BCUT2D eigenvalue weighted by molar-refractivity contribution is -0.142. The van der Waals surface area contributed by atoms with Gasteiger partial charge in [-0.2, -0.15) is 0 Å². The number of carboxylic acids is 1. The summed E-state index contributed by atoms with van der Waals surface area (Å²) in [6.07, 6.45) is -0.963. The number of benzene rings is 2. The zero-order valence-corrected chi connectivity index (χ0v) is 22.1. The molecule has 0 spiro atoms. The number of carboxylic acid groups (broad SMARTS) is 1. The highest BCUT2D eigenvalue weighted by Gasteiger charge is 2.28. The Kier molecular flexibility index (Phi) is 11.1. The Morgan fingerprint density at radius 2 is 1.59 bits per heavy atom. The van der Waals surface area contributed by atoms with Crippen LogP contribution in [-0.2, 0) is 32.1 Å². The fraction of sp³-hybridized carbons (Fsp3) is 0.429. The lowest BCUT2D eigenvalue weighted by Gasteiger charge is -2.25. The maximum atomic E-state index is 13.0. The molecule has 1 aliphatic rings. The van der Waals surface area contributed by atoms with Gasteiger partial charge in [0.15, 0.2) is 0 Å². The Morgan fingerprint density at radius 3 is 2.21 bits per heavy atom. The van der Waals surface area contributed by atoms with Crippen LogP contribution in [0.1, 0.15) is 31.4 Å². The van der Waals surface area contributed by atoms with Crippen LogP contribution < -0.4 is 15.4 Å². The number of ether oxygens (including phenoxy) is 3. The van der Waals surface area contributed by atoms with Crippen molar-refractivity contribution in [3.8, 4) is 5.75 Å². The van der Waals surface area contributed by atoms with E-state index in [4.69, 9.17) is 14.2 Å². The third-order valence-corrected chi connectivity index (χ3v) is 5.98. The van der Waals surface area contributed by atoms with Crippen LogP contribution >= 0.6 is 0 Å². The molecule has 1 aliphatic heterocycles. The Morgan fingerprint density at radius 1 is 0.923 bits per heavy atom. The van der Waals surface area contributed by atoms with Gasteiger partial charge in [0.05, 0.1) is 13.2 Å². The molecule has 0 radical (unpaired) electrons. The fourth-order valence-electron chi connectivity index (χ4n) is 3.92. The molecule has 0 aromatic heterocycles. The van der Waals surface area contributed by atoms with Gasteiger partial charge in [0, 0.05) is 19.5 Å². The number of hydrogen-bond donors (Lipinski definition) is 3. The predicted molar refractivity (Wildman–Crippen MR) is 141 cm³/mol. The van der Waals surface area contributed by atoms with Crippen molar-refractivity contribution in [1.82, 2.24) is 15.5 Å². The minimum atomic E-state index is -1.24. The lowest BCUT2D eigenvalue weighted by atomic mass is 10.0. The van der Waals surface area contributed by atoms with Gasteiger partial charge in [-0.3, -0.25) is 4.79 Å². The molecule has 11 heteroatoms. The Balaban J connectivity index is 1.56. The molecule has 3 rings (SSSR count). The van der Waals surface area contributed by atoms with Gasteiger partial charge < -0.3 is 34.9 Å². The maximum absolute atomic E-state index is 13.0. The third-order valence-electron chi connectivity index (χ3n) is 5.98. The molecule has 3 N–H and O–H groups in total. The molecule has 0 saturated carbocycles. The predicted octanol–water partition coefficient (Wildman–Crippen LogP) is 2.97. The van der Waals surface area contributed by atoms with Gasteiger partial charge in [-0.25, -0.2) is 14.4 Å². The van der Waals surface area contributed by atoms with Crippen molar-refractivity contribution < 1.29 is 38.5 Å². The number of nitrogens with one attached hydrogen (secondary N) is 2. The maximum Gasteiger partial charge on any atom is 0.415 e. The van der Waals surface area contributed by atoms with Gasteiger partial charge in [0.25, 0.3) is 0 Å². The summed E-state index contributed by atoms with van der Waals surface area (Å²) in [4.78, 5) is 51.1. The first-order chi connectivity index (χ1) is 18.7. The van der Waals surface area contributed by atoms with Crippen molar-refractivity contribution >= 4 is 24.1 Å². The van der Waals surface area contributed by atoms with E-state index in [0.29, 0.717) is 44.0 Å². The first-order valence-corrected chi connectivity index (χ1v) is 12.8. The van der Waals surface area contributed by atoms with Crippen molar-refractivity contribution in [3.05, 3.63) is 65.7 Å². The molecule has 0 aliphatic carbocycles. The van der Waals surface area contributed by atoms with E-state index in [9.17, 15) is 24.3 Å². The molecular weight excluding hydrogens is 506 g/mol. The molecule has 2 aromatic rings. The van der Waals surface area contributed by atoms with Gasteiger partial charge >= 0.3 is 18.2 Å². The van der Waals surface area contributed by atoms with Crippen LogP contribution in [0.15, 0.2) is 54.6 Å². The molecule has 2 atom stereocenters. The van der Waals surface area contributed by atoms with Crippen LogP contribution in [-0.4, -0.2) is 72.5 Å². The third kappa shape index (κ3) is 9.93. The number of nitrogens with zero attached hydrogens (tertiary/aromatic N) is 1. The quantitative estimate of drug-likeness (QED) is 0.394. The lowest BCUT2D eigenvalue weighted by Crippen LogP contribution is -2.52. The number of rotatable bonds is 11. The van der Waals surface area contributed by atoms with E-state index in [-0.39, 0.29) is 18.9 Å². The van der Waals surface area contributed by atoms with Crippen LogP contribution in [0.3, 0.4) is 0 Å². The highest BCUT2D eigenvalue weighted by atomic mass is 16.6. The van der Waals surface area contributed by atoms with Crippen molar-refractivity contribution in [3.63, 3.8) is 0 Å². The number of carbonyl (C=O) groups excluding carboxylic acids is 3. The minimum Gasteiger partial charge on any atom is -0.480 e. The van der Waals surface area contributed by atoms with Crippen LogP contribution in [0.25, 0.3) is 0 Å². The summed E-state index contributed by atoms with van der Waals surface area (Å²) < 4.78 is 15.8. The average molecular weight is 542 g/mol. The second kappa shape index (κ2) is 14.7. The summed E-state index contributed by atoms with van der Waals surface area (Å²) in [5, 5.41) is 14.8. The number of carbonyl (C=O) groups is 4. The number of alkyl carbamates (subject to hydrolysis) is 1. The number of aliphatic carboxylic acids is 1. The van der Waals surface area contributed by atoms with E-state index >= 15 is 0 Å². The molecule has 1 saturated heterocycles. The summed E-state index contributed by atoms with van der Waals surface area (Å²) >= 11 is 0. The monoisotopic (exact) mass is 541 g/mol. The summed E-state index contributed by atoms with van der Waals surface area (Å²) in [5.41, 5.74) is 1.41.